The van der Waals surface area contributed by atoms with Gasteiger partial charge in [0.25, 0.3) is 0 Å². The van der Waals surface area contributed by atoms with Crippen LogP contribution in [0.5, 0.6) is 11.5 Å². The summed E-state index contributed by atoms with van der Waals surface area (Å²) in [7, 11) is 0. The van der Waals surface area contributed by atoms with E-state index in [0.29, 0.717) is 12.4 Å². The zero-order valence-electron chi connectivity index (χ0n) is 13.1. The van der Waals surface area contributed by atoms with Gasteiger partial charge in [0.2, 0.25) is 0 Å². The Kier molecular flexibility index (Phi) is 5.43. The van der Waals surface area contributed by atoms with Gasteiger partial charge in [-0.25, -0.2) is 4.31 Å². The number of para-hydroxylation sites is 2. The lowest BCUT2D eigenvalue weighted by Gasteiger charge is -2.36. The molecule has 2 unspecified atom stereocenters. The number of phenolic OH excluding ortho intramolecular Hbond substituents is 1. The molecule has 1 saturated heterocycles. The minimum absolute atomic E-state index is 0.0850. The Morgan fingerprint density at radius 1 is 1.17 bits per heavy atom. The molecule has 1 aliphatic heterocycles. The largest absolute Gasteiger partial charge is 0.504 e. The predicted molar refractivity (Wildman–Crippen MR) is 92.7 cm³/mol. The first kappa shape index (κ1) is 16.2. The maximum atomic E-state index is 10.0. The van der Waals surface area contributed by atoms with E-state index in [1.807, 2.05) is 36.4 Å². The van der Waals surface area contributed by atoms with Crippen LogP contribution in [-0.4, -0.2) is 41.5 Å². The van der Waals surface area contributed by atoms with Crippen LogP contribution in [0.3, 0.4) is 0 Å². The second kappa shape index (κ2) is 7.73. The standard InChI is InChI=1S/C18H21NO3S/c1-23-19-11-12-21-17(13-19)18(14-7-3-2-4-8-14)22-16-10-6-5-9-15(16)20/h2-10,17-18,20H,11-13H2,1H3. The van der Waals surface area contributed by atoms with Crippen LogP contribution in [0.1, 0.15) is 11.7 Å². The number of aromatic hydroxyl groups is 1. The maximum Gasteiger partial charge on any atom is 0.162 e. The molecular weight excluding hydrogens is 310 g/mol. The minimum atomic E-state index is -0.264. The molecule has 0 radical (unpaired) electrons. The molecule has 1 fully saturated rings. The normalized spacial score (nSPS) is 20.1. The van der Waals surface area contributed by atoms with E-state index in [1.54, 1.807) is 30.1 Å². The number of ether oxygens (including phenoxy) is 2. The van der Waals surface area contributed by atoms with Crippen molar-refractivity contribution in [3.8, 4) is 11.5 Å². The Bertz CT molecular complexity index is 623. The quantitative estimate of drug-likeness (QED) is 0.850. The summed E-state index contributed by atoms with van der Waals surface area (Å²) in [5.74, 6) is 0.622. The number of hydrogen-bond donors (Lipinski definition) is 1. The highest BCUT2D eigenvalue weighted by Gasteiger charge is 2.31. The molecule has 0 aromatic heterocycles. The number of hydrogen-bond acceptors (Lipinski definition) is 5. The van der Waals surface area contributed by atoms with Crippen LogP contribution < -0.4 is 4.74 Å². The van der Waals surface area contributed by atoms with Gasteiger partial charge in [-0.3, -0.25) is 0 Å². The number of benzene rings is 2. The average molecular weight is 331 g/mol. The molecule has 122 valence electrons. The lowest BCUT2D eigenvalue weighted by atomic mass is 10.0. The van der Waals surface area contributed by atoms with Gasteiger partial charge in [0.1, 0.15) is 6.10 Å². The molecule has 0 spiro atoms. The van der Waals surface area contributed by atoms with Gasteiger partial charge in [-0.1, -0.05) is 54.4 Å². The van der Waals surface area contributed by atoms with Crippen LogP contribution in [0.4, 0.5) is 0 Å². The maximum absolute atomic E-state index is 10.0. The highest BCUT2D eigenvalue weighted by atomic mass is 32.2. The number of morpholine rings is 1. The van der Waals surface area contributed by atoms with E-state index in [0.717, 1.165) is 18.7 Å². The molecule has 23 heavy (non-hydrogen) atoms. The van der Waals surface area contributed by atoms with E-state index >= 15 is 0 Å². The first-order chi connectivity index (χ1) is 11.3. The topological polar surface area (TPSA) is 41.9 Å². The first-order valence-corrected chi connectivity index (χ1v) is 8.86. The summed E-state index contributed by atoms with van der Waals surface area (Å²) in [6.45, 7) is 2.38. The van der Waals surface area contributed by atoms with E-state index in [9.17, 15) is 5.11 Å². The fourth-order valence-corrected chi connectivity index (χ4v) is 3.25. The van der Waals surface area contributed by atoms with Gasteiger partial charge in [-0.2, -0.15) is 0 Å². The molecule has 4 nitrogen and oxygen atoms in total. The van der Waals surface area contributed by atoms with Crippen molar-refractivity contribution in [1.82, 2.24) is 4.31 Å². The molecule has 5 heteroatoms. The van der Waals surface area contributed by atoms with Crippen LogP contribution >= 0.6 is 11.9 Å². The third-order valence-corrected chi connectivity index (χ3v) is 4.75. The van der Waals surface area contributed by atoms with Crippen molar-refractivity contribution in [1.29, 1.82) is 0 Å². The lowest BCUT2D eigenvalue weighted by Crippen LogP contribution is -2.43. The van der Waals surface area contributed by atoms with Crippen molar-refractivity contribution in [2.45, 2.75) is 12.2 Å². The van der Waals surface area contributed by atoms with Gasteiger partial charge in [-0.05, 0) is 24.0 Å². The number of rotatable bonds is 5. The SMILES string of the molecule is CSN1CCOC(C(Oc2ccccc2O)c2ccccc2)C1. The molecule has 0 bridgehead atoms. The predicted octanol–water partition coefficient (Wildman–Crippen LogP) is 3.49. The van der Waals surface area contributed by atoms with Gasteiger partial charge < -0.3 is 14.6 Å². The molecule has 1 heterocycles. The molecule has 0 aliphatic carbocycles. The second-order valence-electron chi connectivity index (χ2n) is 5.40. The van der Waals surface area contributed by atoms with Crippen LogP contribution in [0.2, 0.25) is 0 Å². The second-order valence-corrected chi connectivity index (χ2v) is 6.28. The van der Waals surface area contributed by atoms with Crippen molar-refractivity contribution in [2.24, 2.45) is 0 Å². The fraction of sp³-hybridized carbons (Fsp3) is 0.333. The highest BCUT2D eigenvalue weighted by molar-refractivity contribution is 7.96. The molecule has 2 aromatic carbocycles. The van der Waals surface area contributed by atoms with Gasteiger partial charge >= 0.3 is 0 Å². The Morgan fingerprint density at radius 2 is 1.91 bits per heavy atom. The summed E-state index contributed by atoms with van der Waals surface area (Å²) in [6, 6.07) is 17.1. The summed E-state index contributed by atoms with van der Waals surface area (Å²) in [6.07, 6.45) is 1.72. The average Bonchev–Trinajstić information content (AvgIpc) is 2.62. The van der Waals surface area contributed by atoms with E-state index in [-0.39, 0.29) is 18.0 Å². The van der Waals surface area contributed by atoms with Crippen molar-refractivity contribution in [3.05, 3.63) is 60.2 Å². The zero-order valence-corrected chi connectivity index (χ0v) is 13.9. The molecule has 1 aliphatic rings. The van der Waals surface area contributed by atoms with Gasteiger partial charge in [0.15, 0.2) is 17.6 Å². The summed E-state index contributed by atoms with van der Waals surface area (Å²) in [4.78, 5) is 0. The summed E-state index contributed by atoms with van der Waals surface area (Å²) in [5.41, 5.74) is 1.05. The molecule has 3 rings (SSSR count). The van der Waals surface area contributed by atoms with Crippen molar-refractivity contribution >= 4 is 11.9 Å². The molecule has 2 atom stereocenters. The number of phenols is 1. The zero-order chi connectivity index (χ0) is 16.1. The fourth-order valence-electron chi connectivity index (χ4n) is 2.69. The molecule has 0 saturated carbocycles. The van der Waals surface area contributed by atoms with Crippen molar-refractivity contribution in [3.63, 3.8) is 0 Å². The third-order valence-electron chi connectivity index (χ3n) is 3.90. The van der Waals surface area contributed by atoms with E-state index in [2.05, 4.69) is 10.6 Å². The lowest BCUT2D eigenvalue weighted by molar-refractivity contribution is -0.0620. The third kappa shape index (κ3) is 3.99. The molecular formula is C18H21NO3S. The van der Waals surface area contributed by atoms with Crippen LogP contribution in [0.25, 0.3) is 0 Å². The van der Waals surface area contributed by atoms with Crippen LogP contribution in [0, 0.1) is 0 Å². The summed E-state index contributed by atoms with van der Waals surface area (Å²) >= 11 is 1.72. The monoisotopic (exact) mass is 331 g/mol. The smallest absolute Gasteiger partial charge is 0.162 e. The minimum Gasteiger partial charge on any atom is -0.504 e. The Labute approximate surface area is 141 Å². The van der Waals surface area contributed by atoms with Crippen LogP contribution in [0.15, 0.2) is 54.6 Å². The highest BCUT2D eigenvalue weighted by Crippen LogP contribution is 2.33. The summed E-state index contributed by atoms with van der Waals surface area (Å²) in [5, 5.41) is 10.0. The molecule has 1 N–H and O–H groups in total. The van der Waals surface area contributed by atoms with E-state index < -0.39 is 0 Å². The van der Waals surface area contributed by atoms with Crippen LogP contribution in [-0.2, 0) is 4.74 Å². The van der Waals surface area contributed by atoms with E-state index in [1.165, 1.54) is 0 Å². The Balaban J connectivity index is 1.86. The summed E-state index contributed by atoms with van der Waals surface area (Å²) < 4.78 is 14.4. The molecule has 0 amide bonds. The Morgan fingerprint density at radius 3 is 2.65 bits per heavy atom. The van der Waals surface area contributed by atoms with Gasteiger partial charge in [0.05, 0.1) is 6.61 Å². The van der Waals surface area contributed by atoms with Gasteiger partial charge in [-0.15, -0.1) is 0 Å². The van der Waals surface area contributed by atoms with Gasteiger partial charge in [0, 0.05) is 13.1 Å². The Hall–Kier alpha value is -1.69. The van der Waals surface area contributed by atoms with Crippen molar-refractivity contribution in [2.75, 3.05) is 26.0 Å². The molecule has 2 aromatic rings. The van der Waals surface area contributed by atoms with Crippen molar-refractivity contribution < 1.29 is 14.6 Å². The first-order valence-electron chi connectivity index (χ1n) is 7.68. The number of nitrogens with zero attached hydrogens (tertiary/aromatic N) is 1. The van der Waals surface area contributed by atoms with E-state index in [4.69, 9.17) is 9.47 Å².